The average Bonchev–Trinajstić information content (AvgIpc) is 3.13. The molecule has 1 N–H and O–H groups in total. The lowest BCUT2D eigenvalue weighted by molar-refractivity contribution is -0.118. The predicted octanol–water partition coefficient (Wildman–Crippen LogP) is 2.39. The number of aryl methyl sites for hydroxylation is 1. The Morgan fingerprint density at radius 2 is 2.08 bits per heavy atom. The first kappa shape index (κ1) is 17.9. The highest BCUT2D eigenvalue weighted by Gasteiger charge is 2.12. The Morgan fingerprint density at radius 3 is 2.88 bits per heavy atom. The number of carbonyl (C=O) groups is 1. The molecule has 3 rings (SSSR count). The van der Waals surface area contributed by atoms with Gasteiger partial charge in [-0.25, -0.2) is 0 Å². The van der Waals surface area contributed by atoms with E-state index in [2.05, 4.69) is 20.8 Å². The van der Waals surface area contributed by atoms with Crippen LogP contribution in [0.25, 0.3) is 5.69 Å². The van der Waals surface area contributed by atoms with E-state index in [0.717, 1.165) is 22.6 Å². The Kier molecular flexibility index (Phi) is 5.85. The lowest BCUT2D eigenvalue weighted by Gasteiger charge is -2.08. The molecular formula is C18H19N5O2S. The standard InChI is InChI=1S/C18H19N5O2S/c1-13-6-3-4-9-16(13)23-18(20-21-22-23)26-12-17(24)19-11-14-7-5-8-15(10-14)25-2/h3-10H,11-12H2,1-2H3,(H,19,24). The molecule has 0 bridgehead atoms. The van der Waals surface area contributed by atoms with Gasteiger partial charge in [0.1, 0.15) is 5.75 Å². The number of benzene rings is 2. The Balaban J connectivity index is 1.57. The van der Waals surface area contributed by atoms with Gasteiger partial charge < -0.3 is 10.1 Å². The number of methoxy groups -OCH3 is 1. The number of carbonyl (C=O) groups excluding carboxylic acids is 1. The predicted molar refractivity (Wildman–Crippen MR) is 99.5 cm³/mol. The Bertz CT molecular complexity index is 897. The number of ether oxygens (including phenoxy) is 1. The van der Waals surface area contributed by atoms with Gasteiger partial charge in [0.25, 0.3) is 0 Å². The highest BCUT2D eigenvalue weighted by Crippen LogP contribution is 2.20. The minimum absolute atomic E-state index is 0.0860. The maximum absolute atomic E-state index is 12.1. The lowest BCUT2D eigenvalue weighted by Crippen LogP contribution is -2.24. The van der Waals surface area contributed by atoms with Crippen LogP contribution >= 0.6 is 11.8 Å². The third-order valence-corrected chi connectivity index (χ3v) is 4.66. The van der Waals surface area contributed by atoms with Crippen molar-refractivity contribution >= 4 is 17.7 Å². The van der Waals surface area contributed by atoms with Gasteiger partial charge in [-0.2, -0.15) is 4.68 Å². The maximum Gasteiger partial charge on any atom is 0.230 e. The minimum atomic E-state index is -0.0860. The van der Waals surface area contributed by atoms with E-state index >= 15 is 0 Å². The van der Waals surface area contributed by atoms with Crippen LogP contribution < -0.4 is 10.1 Å². The van der Waals surface area contributed by atoms with Crippen molar-refractivity contribution in [1.29, 1.82) is 0 Å². The highest BCUT2D eigenvalue weighted by atomic mass is 32.2. The van der Waals surface area contributed by atoms with Gasteiger partial charge in [-0.1, -0.05) is 42.1 Å². The zero-order valence-corrected chi connectivity index (χ0v) is 15.4. The quantitative estimate of drug-likeness (QED) is 0.644. The summed E-state index contributed by atoms with van der Waals surface area (Å²) >= 11 is 1.30. The van der Waals surface area contributed by atoms with Crippen molar-refractivity contribution in [2.24, 2.45) is 0 Å². The fraction of sp³-hybridized carbons (Fsp3) is 0.222. The molecule has 0 aliphatic rings. The van der Waals surface area contributed by atoms with Crippen LogP contribution in [-0.2, 0) is 11.3 Å². The molecule has 1 amide bonds. The summed E-state index contributed by atoms with van der Waals surface area (Å²) in [6.45, 7) is 2.44. The molecule has 0 radical (unpaired) electrons. The van der Waals surface area contributed by atoms with Gasteiger partial charge in [-0.3, -0.25) is 4.79 Å². The number of nitrogens with one attached hydrogen (secondary N) is 1. The van der Waals surface area contributed by atoms with Gasteiger partial charge in [0.15, 0.2) is 0 Å². The zero-order valence-electron chi connectivity index (χ0n) is 14.5. The SMILES string of the molecule is COc1cccc(CNC(=O)CSc2nnnn2-c2ccccc2C)c1. The molecule has 26 heavy (non-hydrogen) atoms. The number of hydrogen-bond donors (Lipinski definition) is 1. The van der Waals surface area contributed by atoms with Gasteiger partial charge in [0.05, 0.1) is 18.6 Å². The Morgan fingerprint density at radius 1 is 1.23 bits per heavy atom. The largest absolute Gasteiger partial charge is 0.497 e. The summed E-state index contributed by atoms with van der Waals surface area (Å²) in [5.41, 5.74) is 2.94. The van der Waals surface area contributed by atoms with E-state index in [-0.39, 0.29) is 11.7 Å². The van der Waals surface area contributed by atoms with Crippen LogP contribution in [0.1, 0.15) is 11.1 Å². The monoisotopic (exact) mass is 369 g/mol. The van der Waals surface area contributed by atoms with Gasteiger partial charge in [0.2, 0.25) is 11.1 Å². The van der Waals surface area contributed by atoms with Crippen LogP contribution in [0.5, 0.6) is 5.75 Å². The number of rotatable bonds is 7. The summed E-state index contributed by atoms with van der Waals surface area (Å²) in [5, 5.41) is 15.2. The summed E-state index contributed by atoms with van der Waals surface area (Å²) in [4.78, 5) is 12.1. The summed E-state index contributed by atoms with van der Waals surface area (Å²) in [6.07, 6.45) is 0. The number of thioether (sulfide) groups is 1. The zero-order chi connectivity index (χ0) is 18.4. The summed E-state index contributed by atoms with van der Waals surface area (Å²) in [6, 6.07) is 15.4. The minimum Gasteiger partial charge on any atom is -0.497 e. The molecule has 7 nitrogen and oxygen atoms in total. The molecule has 0 saturated heterocycles. The first-order chi connectivity index (χ1) is 12.7. The molecule has 134 valence electrons. The van der Waals surface area contributed by atoms with Gasteiger partial charge in [-0.05, 0) is 46.7 Å². The third kappa shape index (κ3) is 4.40. The van der Waals surface area contributed by atoms with Gasteiger partial charge in [0, 0.05) is 6.54 Å². The van der Waals surface area contributed by atoms with Crippen molar-refractivity contribution in [3.8, 4) is 11.4 Å². The van der Waals surface area contributed by atoms with Crippen molar-refractivity contribution in [2.75, 3.05) is 12.9 Å². The maximum atomic E-state index is 12.1. The molecule has 8 heteroatoms. The molecule has 2 aromatic carbocycles. The number of amides is 1. The molecule has 3 aromatic rings. The van der Waals surface area contributed by atoms with Crippen LogP contribution in [0.3, 0.4) is 0 Å². The first-order valence-electron chi connectivity index (χ1n) is 8.04. The summed E-state index contributed by atoms with van der Waals surface area (Å²) in [7, 11) is 1.62. The van der Waals surface area contributed by atoms with Crippen LogP contribution in [0.4, 0.5) is 0 Å². The first-order valence-corrected chi connectivity index (χ1v) is 9.03. The van der Waals surface area contributed by atoms with Crippen LogP contribution in [0.15, 0.2) is 53.7 Å². The van der Waals surface area contributed by atoms with Crippen molar-refractivity contribution in [3.63, 3.8) is 0 Å². The lowest BCUT2D eigenvalue weighted by atomic mass is 10.2. The molecule has 0 aliphatic heterocycles. The van der Waals surface area contributed by atoms with Crippen LogP contribution in [0, 0.1) is 6.92 Å². The Hall–Kier alpha value is -2.87. The summed E-state index contributed by atoms with van der Waals surface area (Å²) in [5.74, 6) is 0.914. The number of nitrogens with zero attached hydrogens (tertiary/aromatic N) is 4. The molecular weight excluding hydrogens is 350 g/mol. The molecule has 1 aromatic heterocycles. The molecule has 0 unspecified atom stereocenters. The van der Waals surface area contributed by atoms with Crippen LogP contribution in [-0.4, -0.2) is 39.0 Å². The second-order valence-corrected chi connectivity index (χ2v) is 6.52. The number of tetrazole rings is 1. The molecule has 1 heterocycles. The van der Waals surface area contributed by atoms with E-state index in [9.17, 15) is 4.79 Å². The summed E-state index contributed by atoms with van der Waals surface area (Å²) < 4.78 is 6.83. The van der Waals surface area contributed by atoms with E-state index < -0.39 is 0 Å². The van der Waals surface area contributed by atoms with E-state index in [4.69, 9.17) is 4.74 Å². The highest BCUT2D eigenvalue weighted by molar-refractivity contribution is 7.99. The molecule has 0 saturated carbocycles. The fourth-order valence-corrected chi connectivity index (χ4v) is 3.10. The van der Waals surface area contributed by atoms with Gasteiger partial charge in [-0.15, -0.1) is 5.10 Å². The average molecular weight is 369 g/mol. The van der Waals surface area contributed by atoms with E-state index in [0.29, 0.717) is 11.7 Å². The van der Waals surface area contributed by atoms with Crippen molar-refractivity contribution < 1.29 is 9.53 Å². The molecule has 0 aliphatic carbocycles. The number of para-hydroxylation sites is 1. The van der Waals surface area contributed by atoms with Gasteiger partial charge >= 0.3 is 0 Å². The molecule has 0 spiro atoms. The van der Waals surface area contributed by atoms with E-state index in [1.54, 1.807) is 11.8 Å². The number of aromatic nitrogens is 4. The molecule has 0 fully saturated rings. The van der Waals surface area contributed by atoms with Crippen molar-refractivity contribution in [2.45, 2.75) is 18.6 Å². The second-order valence-electron chi connectivity index (χ2n) is 5.58. The van der Waals surface area contributed by atoms with Crippen LogP contribution in [0.2, 0.25) is 0 Å². The smallest absolute Gasteiger partial charge is 0.230 e. The van der Waals surface area contributed by atoms with E-state index in [1.165, 1.54) is 11.8 Å². The fourth-order valence-electron chi connectivity index (χ4n) is 2.39. The van der Waals surface area contributed by atoms with Crippen molar-refractivity contribution in [3.05, 3.63) is 59.7 Å². The van der Waals surface area contributed by atoms with E-state index in [1.807, 2.05) is 55.5 Å². The third-order valence-electron chi connectivity index (χ3n) is 3.74. The number of hydrogen-bond acceptors (Lipinski definition) is 6. The molecule has 0 atom stereocenters. The Labute approximate surface area is 155 Å². The normalized spacial score (nSPS) is 10.5. The topological polar surface area (TPSA) is 81.9 Å². The van der Waals surface area contributed by atoms with Crippen molar-refractivity contribution in [1.82, 2.24) is 25.5 Å². The second kappa shape index (κ2) is 8.48.